The van der Waals surface area contributed by atoms with Crippen molar-refractivity contribution in [2.45, 2.75) is 6.42 Å². The minimum atomic E-state index is -0.899. The predicted octanol–water partition coefficient (Wildman–Crippen LogP) is 2.83. The number of aromatic amines is 1. The minimum absolute atomic E-state index is 0.0507. The van der Waals surface area contributed by atoms with Gasteiger partial charge in [0, 0.05) is 11.8 Å². The number of fused-ring (bicyclic) bond motifs is 1. The Morgan fingerprint density at radius 1 is 1.07 bits per heavy atom. The number of carbonyl (C=O) groups excluding carboxylic acids is 1. The van der Waals surface area contributed by atoms with E-state index in [4.69, 9.17) is 5.73 Å². The fourth-order valence-corrected chi connectivity index (χ4v) is 3.19. The number of hydrogen-bond acceptors (Lipinski definition) is 3. The summed E-state index contributed by atoms with van der Waals surface area (Å²) in [5.41, 5.74) is 4.36. The number of rotatable bonds is 4. The second kappa shape index (κ2) is 6.93. The molecule has 0 saturated heterocycles. The molecule has 0 saturated carbocycles. The molecule has 2 heterocycles. The quantitative estimate of drug-likeness (QED) is 0.554. The molecule has 2 aromatic heterocycles. The third-order valence-electron chi connectivity index (χ3n) is 4.42. The largest absolute Gasteiger partial charge is 0.369 e. The van der Waals surface area contributed by atoms with Gasteiger partial charge in [0.2, 0.25) is 5.91 Å². The number of para-hydroxylation sites is 1. The topological polar surface area (TPSA) is 93.8 Å². The van der Waals surface area contributed by atoms with Crippen molar-refractivity contribution in [1.29, 1.82) is 0 Å². The van der Waals surface area contributed by atoms with Crippen molar-refractivity contribution >= 4 is 16.8 Å². The van der Waals surface area contributed by atoms with E-state index in [1.807, 2.05) is 0 Å². The molecule has 9 heteroatoms. The lowest BCUT2D eigenvalue weighted by Crippen LogP contribution is -2.13. The van der Waals surface area contributed by atoms with Crippen LogP contribution in [0.15, 0.2) is 53.5 Å². The van der Waals surface area contributed by atoms with Crippen molar-refractivity contribution in [1.82, 2.24) is 14.8 Å². The summed E-state index contributed by atoms with van der Waals surface area (Å²) in [5.74, 6) is -3.14. The van der Waals surface area contributed by atoms with Gasteiger partial charge in [-0.3, -0.25) is 9.59 Å². The summed E-state index contributed by atoms with van der Waals surface area (Å²) in [6, 6.07) is 8.52. The van der Waals surface area contributed by atoms with Crippen LogP contribution < -0.4 is 11.3 Å². The lowest BCUT2D eigenvalue weighted by Gasteiger charge is -2.06. The molecule has 29 heavy (non-hydrogen) atoms. The van der Waals surface area contributed by atoms with Gasteiger partial charge in [0.15, 0.2) is 11.6 Å². The Balaban J connectivity index is 2.06. The fourth-order valence-electron chi connectivity index (χ4n) is 3.19. The van der Waals surface area contributed by atoms with Crippen LogP contribution in [0.2, 0.25) is 0 Å². The second-order valence-corrected chi connectivity index (χ2v) is 6.35. The molecule has 0 aliphatic rings. The van der Waals surface area contributed by atoms with E-state index >= 15 is 0 Å². The zero-order valence-electron chi connectivity index (χ0n) is 14.7. The smallest absolute Gasteiger partial charge is 0.259 e. The molecule has 4 aromatic rings. The number of halogens is 3. The van der Waals surface area contributed by atoms with Crippen LogP contribution in [-0.4, -0.2) is 20.7 Å². The monoisotopic (exact) mass is 398 g/mol. The van der Waals surface area contributed by atoms with Gasteiger partial charge in [-0.05, 0) is 35.9 Å². The van der Waals surface area contributed by atoms with Crippen molar-refractivity contribution in [2.24, 2.45) is 5.73 Å². The Morgan fingerprint density at radius 3 is 2.48 bits per heavy atom. The summed E-state index contributed by atoms with van der Waals surface area (Å²) >= 11 is 0. The molecule has 0 radical (unpaired) electrons. The predicted molar refractivity (Wildman–Crippen MR) is 99.9 cm³/mol. The number of benzene rings is 2. The zero-order valence-corrected chi connectivity index (χ0v) is 14.7. The highest BCUT2D eigenvalue weighted by atomic mass is 19.1. The molecule has 6 nitrogen and oxygen atoms in total. The van der Waals surface area contributed by atoms with Gasteiger partial charge >= 0.3 is 0 Å². The number of nitrogens with zero attached hydrogens (tertiary/aromatic N) is 2. The highest BCUT2D eigenvalue weighted by Crippen LogP contribution is 2.31. The van der Waals surface area contributed by atoms with Gasteiger partial charge in [0.25, 0.3) is 5.56 Å². The van der Waals surface area contributed by atoms with E-state index in [2.05, 4.69) is 10.1 Å². The molecule has 4 rings (SSSR count). The van der Waals surface area contributed by atoms with Crippen LogP contribution in [-0.2, 0) is 11.2 Å². The maximum atomic E-state index is 14.6. The fraction of sp³-hybridized carbons (Fsp3) is 0.0500. The van der Waals surface area contributed by atoms with Gasteiger partial charge in [0.05, 0.1) is 17.3 Å². The van der Waals surface area contributed by atoms with Gasteiger partial charge in [-0.25, -0.2) is 17.9 Å². The summed E-state index contributed by atoms with van der Waals surface area (Å²) < 4.78 is 44.2. The Labute approximate surface area is 161 Å². The van der Waals surface area contributed by atoms with E-state index in [9.17, 15) is 22.8 Å². The highest BCUT2D eigenvalue weighted by molar-refractivity contribution is 5.94. The van der Waals surface area contributed by atoms with Gasteiger partial charge in [-0.2, -0.15) is 5.10 Å². The molecule has 0 unspecified atom stereocenters. The summed E-state index contributed by atoms with van der Waals surface area (Å²) in [4.78, 5) is 26.1. The number of primary amides is 1. The number of pyridine rings is 1. The lowest BCUT2D eigenvalue weighted by molar-refractivity contribution is -0.117. The number of carbonyl (C=O) groups is 1. The standard InChI is InChI=1S/C20H13F3N4O2/c21-12-5-4-10(9-16(24)28)8-11(12)18-17-15(6-7-25-20(17)29)27(26-18)19-13(22)2-1-3-14(19)23/h1-8H,9H2,(H2,24,28)(H,25,29). The molecule has 0 aliphatic carbocycles. The molecule has 0 atom stereocenters. The summed E-state index contributed by atoms with van der Waals surface area (Å²) in [6.45, 7) is 0. The molecule has 3 N–H and O–H groups in total. The van der Waals surface area contributed by atoms with Crippen molar-refractivity contribution in [3.05, 3.63) is 82.0 Å². The molecule has 0 spiro atoms. The van der Waals surface area contributed by atoms with Crippen LogP contribution in [0.1, 0.15) is 5.56 Å². The Morgan fingerprint density at radius 2 is 1.79 bits per heavy atom. The molecule has 0 bridgehead atoms. The van der Waals surface area contributed by atoms with Crippen LogP contribution in [0, 0.1) is 17.5 Å². The van der Waals surface area contributed by atoms with Crippen LogP contribution in [0.3, 0.4) is 0 Å². The van der Waals surface area contributed by atoms with E-state index in [1.165, 1.54) is 30.5 Å². The number of nitrogens with one attached hydrogen (secondary N) is 1. The van der Waals surface area contributed by atoms with Crippen molar-refractivity contribution in [3.8, 4) is 16.9 Å². The number of H-pyrrole nitrogens is 1. The van der Waals surface area contributed by atoms with Gasteiger partial charge in [-0.1, -0.05) is 12.1 Å². The van der Waals surface area contributed by atoms with Crippen LogP contribution >= 0.6 is 0 Å². The van der Waals surface area contributed by atoms with Gasteiger partial charge in [0.1, 0.15) is 17.2 Å². The summed E-state index contributed by atoms with van der Waals surface area (Å²) in [5, 5.41) is 4.10. The third kappa shape index (κ3) is 3.16. The number of aromatic nitrogens is 3. The van der Waals surface area contributed by atoms with E-state index in [-0.39, 0.29) is 28.6 Å². The Bertz CT molecular complexity index is 1310. The average Bonchev–Trinajstić information content (AvgIpc) is 3.03. The first-order valence-corrected chi connectivity index (χ1v) is 8.48. The number of amides is 1. The van der Waals surface area contributed by atoms with Crippen molar-refractivity contribution < 1.29 is 18.0 Å². The molecule has 1 amide bonds. The SMILES string of the molecule is NC(=O)Cc1ccc(F)c(-c2nn(-c3c(F)cccc3F)c3cc[nH]c(=O)c23)c1. The third-order valence-corrected chi connectivity index (χ3v) is 4.42. The van der Waals surface area contributed by atoms with Crippen LogP contribution in [0.4, 0.5) is 13.2 Å². The van der Waals surface area contributed by atoms with E-state index in [1.54, 1.807) is 0 Å². The molecular formula is C20H13F3N4O2. The molecule has 0 fully saturated rings. The first-order chi connectivity index (χ1) is 13.9. The average molecular weight is 398 g/mol. The van der Waals surface area contributed by atoms with E-state index in [0.29, 0.717) is 5.56 Å². The molecular weight excluding hydrogens is 385 g/mol. The zero-order chi connectivity index (χ0) is 20.7. The van der Waals surface area contributed by atoms with Crippen molar-refractivity contribution in [2.75, 3.05) is 0 Å². The Kier molecular flexibility index (Phi) is 4.42. The second-order valence-electron chi connectivity index (χ2n) is 6.35. The molecule has 146 valence electrons. The summed E-state index contributed by atoms with van der Waals surface area (Å²) in [6.07, 6.45) is 1.15. The number of hydrogen-bond donors (Lipinski definition) is 2. The van der Waals surface area contributed by atoms with Gasteiger partial charge < -0.3 is 10.7 Å². The van der Waals surface area contributed by atoms with Crippen LogP contribution in [0.5, 0.6) is 0 Å². The maximum absolute atomic E-state index is 14.6. The van der Waals surface area contributed by atoms with Crippen molar-refractivity contribution in [3.63, 3.8) is 0 Å². The first-order valence-electron chi connectivity index (χ1n) is 8.48. The first kappa shape index (κ1) is 18.5. The molecule has 0 aliphatic heterocycles. The lowest BCUT2D eigenvalue weighted by atomic mass is 10.0. The minimum Gasteiger partial charge on any atom is -0.369 e. The van der Waals surface area contributed by atoms with Crippen LogP contribution in [0.25, 0.3) is 27.8 Å². The normalized spacial score (nSPS) is 11.1. The Hall–Kier alpha value is -3.88. The number of nitrogens with two attached hydrogens (primary N) is 1. The maximum Gasteiger partial charge on any atom is 0.259 e. The van der Waals surface area contributed by atoms with E-state index in [0.717, 1.165) is 22.9 Å². The summed E-state index contributed by atoms with van der Waals surface area (Å²) in [7, 11) is 0. The van der Waals surface area contributed by atoms with E-state index < -0.39 is 34.6 Å². The highest BCUT2D eigenvalue weighted by Gasteiger charge is 2.22. The van der Waals surface area contributed by atoms with Gasteiger partial charge in [-0.15, -0.1) is 0 Å². The molecule has 2 aromatic carbocycles.